The van der Waals surface area contributed by atoms with E-state index in [0.29, 0.717) is 38.8 Å². The number of anilines is 2. The van der Waals surface area contributed by atoms with Gasteiger partial charge in [-0.1, -0.05) is 53.5 Å². The molecule has 248 valence electrons. The summed E-state index contributed by atoms with van der Waals surface area (Å²) in [5, 5.41) is 6.94. The molecule has 0 fully saturated rings. The van der Waals surface area contributed by atoms with E-state index >= 15 is 0 Å². The van der Waals surface area contributed by atoms with E-state index in [-0.39, 0.29) is 48.9 Å². The Kier molecular flexibility index (Phi) is 13.8. The lowest BCUT2D eigenvalue weighted by molar-refractivity contribution is -0.122. The topological polar surface area (TPSA) is 114 Å². The SMILES string of the molecule is Cc1ccc2cccc(OCc3c(Cl)ccc(N(C)C(=O)CNC(=O)/C=C/c4ccc(C(=O)Nc5cccnc5)cc4)c3Cl)c2n1.Cl.Cl. The van der Waals surface area contributed by atoms with E-state index in [1.165, 1.54) is 11.0 Å². The third kappa shape index (κ3) is 9.45. The van der Waals surface area contributed by atoms with Crippen molar-refractivity contribution >= 4 is 94.1 Å². The summed E-state index contributed by atoms with van der Waals surface area (Å²) in [7, 11) is 1.56. The number of nitrogens with one attached hydrogen (secondary N) is 2. The highest BCUT2D eigenvalue weighted by Gasteiger charge is 2.19. The molecule has 2 heterocycles. The van der Waals surface area contributed by atoms with Crippen LogP contribution in [-0.2, 0) is 16.2 Å². The molecule has 0 radical (unpaired) electrons. The number of rotatable bonds is 10. The van der Waals surface area contributed by atoms with Crippen molar-refractivity contribution in [3.63, 3.8) is 0 Å². The zero-order chi connectivity index (χ0) is 32.6. The Bertz CT molecular complexity index is 1940. The molecule has 0 spiro atoms. The lowest BCUT2D eigenvalue weighted by Gasteiger charge is -2.21. The zero-order valence-electron chi connectivity index (χ0n) is 25.8. The second kappa shape index (κ2) is 17.5. The number of likely N-dealkylation sites (N-methyl/N-ethyl adjacent to an activating group) is 1. The molecular formula is C35H31Cl4N5O4. The van der Waals surface area contributed by atoms with Crippen molar-refractivity contribution in [2.24, 2.45) is 0 Å². The largest absolute Gasteiger partial charge is 0.487 e. The van der Waals surface area contributed by atoms with Crippen LogP contribution in [0.15, 0.2) is 97.3 Å². The van der Waals surface area contributed by atoms with E-state index in [1.807, 2.05) is 37.3 Å². The minimum absolute atomic E-state index is 0. The van der Waals surface area contributed by atoms with Crippen LogP contribution in [0, 0.1) is 6.92 Å². The number of hydrogen-bond donors (Lipinski definition) is 2. The first-order valence-corrected chi connectivity index (χ1v) is 14.9. The molecule has 5 rings (SSSR count). The van der Waals surface area contributed by atoms with Crippen LogP contribution in [0.25, 0.3) is 17.0 Å². The van der Waals surface area contributed by atoms with Crippen molar-refractivity contribution in [1.82, 2.24) is 15.3 Å². The fraction of sp³-hybridized carbons (Fsp3) is 0.114. The standard InChI is InChI=1S/C35H29Cl2N5O4.2ClH/c1-22-8-12-24-5-3-7-30(34(24)40-22)46-21-27-28(36)15-16-29(33(27)37)42(2)32(44)20-39-31(43)17-11-23-9-13-25(14-10-23)35(45)41-26-6-4-18-38-19-26;;/h3-19H,20-21H2,1-2H3,(H,39,43)(H,41,45);2*1H/b17-11+;;. The van der Waals surface area contributed by atoms with Gasteiger partial charge < -0.3 is 20.3 Å². The quantitative estimate of drug-likeness (QED) is 0.143. The number of nitrogens with zero attached hydrogens (tertiary/aromatic N) is 3. The molecule has 5 aromatic rings. The monoisotopic (exact) mass is 725 g/mol. The fourth-order valence-corrected chi connectivity index (χ4v) is 5.10. The number of fused-ring (bicyclic) bond motifs is 1. The first kappa shape index (κ1) is 37.8. The second-order valence-electron chi connectivity index (χ2n) is 10.2. The van der Waals surface area contributed by atoms with E-state index in [1.54, 1.807) is 74.0 Å². The molecule has 0 bridgehead atoms. The smallest absolute Gasteiger partial charge is 0.255 e. The lowest BCUT2D eigenvalue weighted by atomic mass is 10.1. The molecule has 9 nitrogen and oxygen atoms in total. The molecule has 2 N–H and O–H groups in total. The van der Waals surface area contributed by atoms with Gasteiger partial charge in [0.05, 0.1) is 29.1 Å². The zero-order valence-corrected chi connectivity index (χ0v) is 28.9. The Morgan fingerprint density at radius 3 is 2.44 bits per heavy atom. The number of para-hydroxylation sites is 1. The lowest BCUT2D eigenvalue weighted by Crippen LogP contribution is -2.37. The minimum atomic E-state index is -0.463. The number of benzene rings is 3. The molecule has 2 aromatic heterocycles. The molecular weight excluding hydrogens is 696 g/mol. The van der Waals surface area contributed by atoms with Gasteiger partial charge in [0, 0.05) is 46.6 Å². The van der Waals surface area contributed by atoms with Gasteiger partial charge in [-0.3, -0.25) is 19.4 Å². The van der Waals surface area contributed by atoms with Crippen LogP contribution in [0.1, 0.15) is 27.2 Å². The van der Waals surface area contributed by atoms with Crippen molar-refractivity contribution in [2.75, 3.05) is 23.8 Å². The highest BCUT2D eigenvalue weighted by atomic mass is 35.5. The predicted octanol–water partition coefficient (Wildman–Crippen LogP) is 7.71. The van der Waals surface area contributed by atoms with E-state index in [0.717, 1.165) is 16.6 Å². The second-order valence-corrected chi connectivity index (χ2v) is 11.0. The number of pyridine rings is 2. The van der Waals surface area contributed by atoms with E-state index in [9.17, 15) is 14.4 Å². The van der Waals surface area contributed by atoms with Gasteiger partial charge in [0.15, 0.2) is 0 Å². The average molecular weight is 727 g/mol. The Morgan fingerprint density at radius 2 is 1.71 bits per heavy atom. The number of carbonyl (C=O) groups is 3. The number of ether oxygens (including phenoxy) is 1. The molecule has 3 amide bonds. The summed E-state index contributed by atoms with van der Waals surface area (Å²) < 4.78 is 6.08. The summed E-state index contributed by atoms with van der Waals surface area (Å²) >= 11 is 13.2. The van der Waals surface area contributed by atoms with Crippen LogP contribution in [0.3, 0.4) is 0 Å². The molecule has 0 aliphatic carbocycles. The van der Waals surface area contributed by atoms with Crippen LogP contribution >= 0.6 is 48.0 Å². The normalized spacial score (nSPS) is 10.5. The number of halogens is 4. The average Bonchev–Trinajstić information content (AvgIpc) is 3.06. The molecule has 0 atom stereocenters. The maximum Gasteiger partial charge on any atom is 0.255 e. The van der Waals surface area contributed by atoms with Gasteiger partial charge in [0.2, 0.25) is 11.8 Å². The molecule has 3 aromatic carbocycles. The third-order valence-corrected chi connectivity index (χ3v) is 7.80. The van der Waals surface area contributed by atoms with E-state index in [4.69, 9.17) is 27.9 Å². The summed E-state index contributed by atoms with van der Waals surface area (Å²) in [6.45, 7) is 1.70. The summed E-state index contributed by atoms with van der Waals surface area (Å²) in [5.41, 5.74) is 4.26. The number of carbonyl (C=O) groups excluding carboxylic acids is 3. The van der Waals surface area contributed by atoms with E-state index < -0.39 is 11.8 Å². The van der Waals surface area contributed by atoms with Gasteiger partial charge in [-0.25, -0.2) is 4.98 Å². The Labute approximate surface area is 300 Å². The number of amides is 3. The Morgan fingerprint density at radius 1 is 0.938 bits per heavy atom. The Balaban J connectivity index is 0.00000312. The summed E-state index contributed by atoms with van der Waals surface area (Å²) in [4.78, 5) is 47.8. The van der Waals surface area contributed by atoms with Crippen molar-refractivity contribution in [2.45, 2.75) is 13.5 Å². The predicted molar refractivity (Wildman–Crippen MR) is 196 cm³/mol. The maximum absolute atomic E-state index is 13.0. The third-order valence-electron chi connectivity index (χ3n) is 7.03. The van der Waals surface area contributed by atoms with Crippen LogP contribution in [0.5, 0.6) is 5.75 Å². The van der Waals surface area contributed by atoms with Crippen LogP contribution < -0.4 is 20.3 Å². The molecule has 13 heteroatoms. The molecule has 0 aliphatic rings. The van der Waals surface area contributed by atoms with Gasteiger partial charge in [0.1, 0.15) is 17.9 Å². The van der Waals surface area contributed by atoms with Crippen LogP contribution in [0.4, 0.5) is 11.4 Å². The molecule has 0 saturated carbocycles. The van der Waals surface area contributed by atoms with Gasteiger partial charge in [0.25, 0.3) is 5.91 Å². The van der Waals surface area contributed by atoms with Gasteiger partial charge in [-0.2, -0.15) is 0 Å². The van der Waals surface area contributed by atoms with Gasteiger partial charge in [-0.15, -0.1) is 24.8 Å². The summed E-state index contributed by atoms with van der Waals surface area (Å²) in [6, 6.07) is 23.0. The molecule has 0 aliphatic heterocycles. The van der Waals surface area contributed by atoms with Crippen LogP contribution in [-0.4, -0.2) is 41.3 Å². The van der Waals surface area contributed by atoms with Crippen molar-refractivity contribution < 1.29 is 19.1 Å². The highest BCUT2D eigenvalue weighted by molar-refractivity contribution is 6.38. The molecule has 48 heavy (non-hydrogen) atoms. The minimum Gasteiger partial charge on any atom is -0.487 e. The van der Waals surface area contributed by atoms with Crippen molar-refractivity contribution in [3.05, 3.63) is 130 Å². The van der Waals surface area contributed by atoms with Crippen LogP contribution in [0.2, 0.25) is 10.0 Å². The van der Waals surface area contributed by atoms with Crippen molar-refractivity contribution in [1.29, 1.82) is 0 Å². The van der Waals surface area contributed by atoms with Gasteiger partial charge in [-0.05, 0) is 67.1 Å². The number of aryl methyl sites for hydroxylation is 1. The van der Waals surface area contributed by atoms with Gasteiger partial charge >= 0.3 is 0 Å². The number of aromatic nitrogens is 2. The first-order valence-electron chi connectivity index (χ1n) is 14.2. The first-order chi connectivity index (χ1) is 22.2. The van der Waals surface area contributed by atoms with Crippen molar-refractivity contribution in [3.8, 4) is 5.75 Å². The molecule has 0 saturated heterocycles. The number of hydrogen-bond acceptors (Lipinski definition) is 6. The molecule has 0 unspecified atom stereocenters. The maximum atomic E-state index is 13.0. The summed E-state index contributed by atoms with van der Waals surface area (Å²) in [6.07, 6.45) is 6.07. The Hall–Kier alpha value is -4.67. The van der Waals surface area contributed by atoms with E-state index in [2.05, 4.69) is 20.6 Å². The highest BCUT2D eigenvalue weighted by Crippen LogP contribution is 2.35. The summed E-state index contributed by atoms with van der Waals surface area (Å²) in [5.74, 6) is -0.548. The fourth-order valence-electron chi connectivity index (χ4n) is 4.49.